The van der Waals surface area contributed by atoms with Gasteiger partial charge in [-0.1, -0.05) is 19.1 Å². The van der Waals surface area contributed by atoms with Crippen molar-refractivity contribution >= 4 is 41.7 Å². The van der Waals surface area contributed by atoms with Crippen molar-refractivity contribution in [3.63, 3.8) is 0 Å². The van der Waals surface area contributed by atoms with Crippen LogP contribution in [0.3, 0.4) is 0 Å². The Morgan fingerprint density at radius 1 is 1.33 bits per heavy atom. The number of hydrogen-bond donors (Lipinski definition) is 2. The largest absolute Gasteiger partial charge is 0.496 e. The maximum absolute atomic E-state index is 5.41. The average Bonchev–Trinajstić information content (AvgIpc) is 3.07. The van der Waals surface area contributed by atoms with Crippen molar-refractivity contribution in [3.8, 4) is 5.75 Å². The molecule has 0 aliphatic carbocycles. The van der Waals surface area contributed by atoms with Crippen LogP contribution in [0.25, 0.3) is 0 Å². The first-order chi connectivity index (χ1) is 12.6. The lowest BCUT2D eigenvalue weighted by atomic mass is 10.2. The highest BCUT2D eigenvalue weighted by molar-refractivity contribution is 14.0. The third kappa shape index (κ3) is 7.96. The van der Waals surface area contributed by atoms with Crippen LogP contribution in [0.15, 0.2) is 40.5 Å². The highest BCUT2D eigenvalue weighted by Crippen LogP contribution is 2.29. The van der Waals surface area contributed by atoms with Crippen LogP contribution >= 0.6 is 35.7 Å². The van der Waals surface area contributed by atoms with Crippen LogP contribution in [0, 0.1) is 5.92 Å². The fraction of sp³-hybridized carbons (Fsp3) is 0.500. The molecule has 1 aromatic carbocycles. The van der Waals surface area contributed by atoms with Gasteiger partial charge in [0.15, 0.2) is 5.96 Å². The van der Waals surface area contributed by atoms with E-state index in [-0.39, 0.29) is 24.0 Å². The smallest absolute Gasteiger partial charge is 0.191 e. The topological polar surface area (TPSA) is 76.4 Å². The van der Waals surface area contributed by atoms with Gasteiger partial charge in [-0.3, -0.25) is 4.68 Å². The summed E-state index contributed by atoms with van der Waals surface area (Å²) in [6.07, 6.45) is 1.54. The highest BCUT2D eigenvalue weighted by atomic mass is 127. The molecule has 0 amide bonds. The van der Waals surface area contributed by atoms with E-state index >= 15 is 0 Å². The van der Waals surface area contributed by atoms with Crippen LogP contribution in [0.4, 0.5) is 0 Å². The van der Waals surface area contributed by atoms with E-state index in [1.807, 2.05) is 37.0 Å². The molecule has 1 atom stereocenters. The normalized spacial score (nSPS) is 12.2. The molecule has 0 fully saturated rings. The molecule has 7 nitrogen and oxygen atoms in total. The van der Waals surface area contributed by atoms with E-state index in [4.69, 9.17) is 4.74 Å². The van der Waals surface area contributed by atoms with Gasteiger partial charge in [0.25, 0.3) is 0 Å². The molecule has 0 bridgehead atoms. The number of guanidine groups is 1. The average molecular weight is 504 g/mol. The first-order valence-corrected chi connectivity index (χ1v) is 9.73. The first-order valence-electron chi connectivity index (χ1n) is 8.74. The lowest BCUT2D eigenvalue weighted by Crippen LogP contribution is -2.39. The molecule has 9 heteroatoms. The molecule has 2 N–H and O–H groups in total. The number of para-hydroxylation sites is 1. The molecular weight excluding hydrogens is 475 g/mol. The molecular formula is C18H29IN6OS. The van der Waals surface area contributed by atoms with Crippen LogP contribution in [0.2, 0.25) is 0 Å². The highest BCUT2D eigenvalue weighted by Gasteiger charge is 2.08. The number of rotatable bonds is 9. The predicted octanol–water partition coefficient (Wildman–Crippen LogP) is 2.93. The number of nitrogens with zero attached hydrogens (tertiary/aromatic N) is 4. The van der Waals surface area contributed by atoms with E-state index in [1.54, 1.807) is 18.1 Å². The molecule has 0 aliphatic heterocycles. The molecule has 1 unspecified atom stereocenters. The van der Waals surface area contributed by atoms with Crippen molar-refractivity contribution in [2.75, 3.05) is 26.0 Å². The van der Waals surface area contributed by atoms with E-state index in [2.05, 4.69) is 45.6 Å². The van der Waals surface area contributed by atoms with Gasteiger partial charge in [-0.25, -0.2) is 9.98 Å². The summed E-state index contributed by atoms with van der Waals surface area (Å²) >= 11 is 1.81. The monoisotopic (exact) mass is 504 g/mol. The number of aryl methyl sites for hydroxylation is 1. The molecule has 1 heterocycles. The number of methoxy groups -OCH3 is 1. The second-order valence-corrected chi connectivity index (χ2v) is 7.00. The molecule has 27 heavy (non-hydrogen) atoms. The minimum atomic E-state index is 0. The minimum absolute atomic E-state index is 0. The second kappa shape index (κ2) is 12.8. The molecule has 2 aromatic rings. The molecule has 0 aliphatic rings. The van der Waals surface area contributed by atoms with E-state index < -0.39 is 0 Å². The Morgan fingerprint density at radius 2 is 2.11 bits per heavy atom. The van der Waals surface area contributed by atoms with Crippen molar-refractivity contribution in [2.24, 2.45) is 18.0 Å². The zero-order chi connectivity index (χ0) is 18.8. The van der Waals surface area contributed by atoms with Gasteiger partial charge in [-0.15, -0.1) is 35.7 Å². The number of hydrogen-bond acceptors (Lipinski definition) is 5. The lowest BCUT2D eigenvalue weighted by Gasteiger charge is -2.16. The van der Waals surface area contributed by atoms with Gasteiger partial charge in [0.05, 0.1) is 7.11 Å². The molecule has 0 saturated carbocycles. The Balaban J connectivity index is 0.00000364. The van der Waals surface area contributed by atoms with Crippen molar-refractivity contribution in [3.05, 3.63) is 36.4 Å². The maximum Gasteiger partial charge on any atom is 0.191 e. The van der Waals surface area contributed by atoms with Gasteiger partial charge in [0.1, 0.15) is 24.4 Å². The summed E-state index contributed by atoms with van der Waals surface area (Å²) in [5.74, 6) is 4.03. The van der Waals surface area contributed by atoms with E-state index in [0.717, 1.165) is 36.4 Å². The number of halogens is 1. The third-order valence-electron chi connectivity index (χ3n) is 3.74. The molecule has 2 rings (SSSR count). The van der Waals surface area contributed by atoms with Gasteiger partial charge in [0.2, 0.25) is 0 Å². The Morgan fingerprint density at radius 3 is 2.78 bits per heavy atom. The summed E-state index contributed by atoms with van der Waals surface area (Å²) in [5, 5.41) is 10.7. The van der Waals surface area contributed by atoms with E-state index in [1.165, 1.54) is 4.90 Å². The van der Waals surface area contributed by atoms with Gasteiger partial charge in [0, 0.05) is 30.8 Å². The van der Waals surface area contributed by atoms with Crippen LogP contribution in [-0.4, -0.2) is 46.7 Å². The maximum atomic E-state index is 5.41. The molecule has 0 radical (unpaired) electrons. The van der Waals surface area contributed by atoms with Crippen molar-refractivity contribution < 1.29 is 4.74 Å². The van der Waals surface area contributed by atoms with E-state index in [0.29, 0.717) is 12.5 Å². The Labute approximate surface area is 182 Å². The third-order valence-corrected chi connectivity index (χ3v) is 5.12. The van der Waals surface area contributed by atoms with Gasteiger partial charge >= 0.3 is 0 Å². The van der Waals surface area contributed by atoms with Crippen molar-refractivity contribution in [1.29, 1.82) is 0 Å². The number of aromatic nitrogens is 3. The Kier molecular flexibility index (Phi) is 11.2. The summed E-state index contributed by atoms with van der Waals surface area (Å²) in [5.41, 5.74) is 0. The predicted molar refractivity (Wildman–Crippen MR) is 122 cm³/mol. The number of benzene rings is 1. The number of aliphatic imine (C=N–C) groups is 1. The second-order valence-electron chi connectivity index (χ2n) is 5.94. The SMILES string of the molecule is CCNC(=NCc1ncnn1C)NCC(C)CSc1ccccc1OC.I. The number of nitrogens with one attached hydrogen (secondary N) is 2. The summed E-state index contributed by atoms with van der Waals surface area (Å²) in [4.78, 5) is 9.95. The summed E-state index contributed by atoms with van der Waals surface area (Å²) < 4.78 is 7.14. The Hall–Kier alpha value is -1.49. The fourth-order valence-electron chi connectivity index (χ4n) is 2.25. The molecule has 0 spiro atoms. The zero-order valence-electron chi connectivity index (χ0n) is 16.3. The molecule has 0 saturated heterocycles. The fourth-order valence-corrected chi connectivity index (χ4v) is 3.31. The number of ether oxygens (including phenoxy) is 1. The summed E-state index contributed by atoms with van der Waals surface area (Å²) in [6, 6.07) is 8.12. The zero-order valence-corrected chi connectivity index (χ0v) is 19.5. The van der Waals surface area contributed by atoms with Crippen LogP contribution in [0.1, 0.15) is 19.7 Å². The van der Waals surface area contributed by atoms with Gasteiger partial charge in [-0.2, -0.15) is 5.10 Å². The van der Waals surface area contributed by atoms with Gasteiger partial charge in [-0.05, 0) is 25.0 Å². The molecule has 1 aromatic heterocycles. The summed E-state index contributed by atoms with van der Waals surface area (Å²) in [7, 11) is 3.58. The van der Waals surface area contributed by atoms with Crippen LogP contribution < -0.4 is 15.4 Å². The lowest BCUT2D eigenvalue weighted by molar-refractivity contribution is 0.405. The van der Waals surface area contributed by atoms with Crippen molar-refractivity contribution in [2.45, 2.75) is 25.3 Å². The van der Waals surface area contributed by atoms with Gasteiger partial charge < -0.3 is 15.4 Å². The molecule has 150 valence electrons. The Bertz CT molecular complexity index is 709. The first kappa shape index (κ1) is 23.5. The van der Waals surface area contributed by atoms with Crippen LogP contribution in [0.5, 0.6) is 5.75 Å². The summed E-state index contributed by atoms with van der Waals surface area (Å²) in [6.45, 7) is 6.43. The quantitative estimate of drug-likeness (QED) is 0.237. The van der Waals surface area contributed by atoms with Crippen molar-refractivity contribution in [1.82, 2.24) is 25.4 Å². The standard InChI is InChI=1S/C18H28N6OS.HI/c1-5-19-18(21-11-17-22-13-23-24(17)3)20-10-14(2)12-26-16-9-7-6-8-15(16)25-4;/h6-9,13-14H,5,10-12H2,1-4H3,(H2,19,20,21);1H. The van der Waals surface area contributed by atoms with Crippen LogP contribution in [-0.2, 0) is 13.6 Å². The minimum Gasteiger partial charge on any atom is -0.496 e. The number of thioether (sulfide) groups is 1. The van der Waals surface area contributed by atoms with E-state index in [9.17, 15) is 0 Å².